The molecule has 0 amide bonds. The van der Waals surface area contributed by atoms with E-state index in [0.717, 1.165) is 0 Å². The predicted octanol–water partition coefficient (Wildman–Crippen LogP) is -0.292. The molecule has 1 rings (SSSR count). The van der Waals surface area contributed by atoms with Crippen LogP contribution in [0.3, 0.4) is 0 Å². The number of hydrogen-bond acceptors (Lipinski definition) is 5. The molecule has 1 atom stereocenters. The van der Waals surface area contributed by atoms with Crippen molar-refractivity contribution in [2.75, 3.05) is 6.61 Å². The van der Waals surface area contributed by atoms with Crippen LogP contribution >= 0.6 is 0 Å². The van der Waals surface area contributed by atoms with Gasteiger partial charge in [0, 0.05) is 0 Å². The van der Waals surface area contributed by atoms with Crippen molar-refractivity contribution in [3.8, 4) is 0 Å². The summed E-state index contributed by atoms with van der Waals surface area (Å²) in [5, 5.41) is 0. The number of rotatable bonds is 2. The summed E-state index contributed by atoms with van der Waals surface area (Å²) in [4.78, 5) is 22.1. The molecular formula is C8H11NO4. The zero-order chi connectivity index (χ0) is 10.0. The Balaban J connectivity index is 2.88. The SMILES string of the molecule is CCOC(=O)C1=C(N)C(=O)O[C@H]1C. The van der Waals surface area contributed by atoms with Crippen LogP contribution in [-0.4, -0.2) is 24.6 Å². The number of carbonyl (C=O) groups excluding carboxylic acids is 2. The van der Waals surface area contributed by atoms with E-state index in [-0.39, 0.29) is 17.9 Å². The van der Waals surface area contributed by atoms with Gasteiger partial charge in [0.05, 0.1) is 6.61 Å². The molecule has 0 radical (unpaired) electrons. The minimum atomic E-state index is -0.657. The number of hydrogen-bond donors (Lipinski definition) is 1. The highest BCUT2D eigenvalue weighted by atomic mass is 16.6. The summed E-state index contributed by atoms with van der Waals surface area (Å²) >= 11 is 0. The maximum atomic E-state index is 11.2. The van der Waals surface area contributed by atoms with Gasteiger partial charge in [0.2, 0.25) is 0 Å². The molecule has 0 fully saturated rings. The Bertz CT molecular complexity index is 282. The summed E-state index contributed by atoms with van der Waals surface area (Å²) in [6.07, 6.45) is -0.605. The molecule has 5 nitrogen and oxygen atoms in total. The first kappa shape index (κ1) is 9.57. The van der Waals surface area contributed by atoms with E-state index in [1.807, 2.05) is 0 Å². The van der Waals surface area contributed by atoms with Gasteiger partial charge in [0.1, 0.15) is 17.4 Å². The van der Waals surface area contributed by atoms with E-state index in [9.17, 15) is 9.59 Å². The van der Waals surface area contributed by atoms with E-state index in [0.29, 0.717) is 0 Å². The zero-order valence-corrected chi connectivity index (χ0v) is 7.49. The van der Waals surface area contributed by atoms with Gasteiger partial charge in [-0.25, -0.2) is 9.59 Å². The average Bonchev–Trinajstić information content (AvgIpc) is 2.27. The van der Waals surface area contributed by atoms with Crippen molar-refractivity contribution in [1.82, 2.24) is 0 Å². The van der Waals surface area contributed by atoms with Crippen LogP contribution in [0.15, 0.2) is 11.3 Å². The van der Waals surface area contributed by atoms with E-state index in [4.69, 9.17) is 15.2 Å². The second-order valence-corrected chi connectivity index (χ2v) is 2.60. The fraction of sp³-hybridized carbons (Fsp3) is 0.500. The number of esters is 2. The van der Waals surface area contributed by atoms with Crippen molar-refractivity contribution in [3.63, 3.8) is 0 Å². The Labute approximate surface area is 75.5 Å². The van der Waals surface area contributed by atoms with E-state index in [1.54, 1.807) is 13.8 Å². The van der Waals surface area contributed by atoms with Gasteiger partial charge in [-0.1, -0.05) is 0 Å². The van der Waals surface area contributed by atoms with E-state index >= 15 is 0 Å². The Morgan fingerprint density at radius 1 is 1.69 bits per heavy atom. The second-order valence-electron chi connectivity index (χ2n) is 2.60. The third-order valence-electron chi connectivity index (χ3n) is 1.70. The van der Waals surface area contributed by atoms with E-state index < -0.39 is 18.0 Å². The Morgan fingerprint density at radius 2 is 2.31 bits per heavy atom. The first-order chi connectivity index (χ1) is 6.07. The molecule has 1 aliphatic rings. The molecule has 2 N–H and O–H groups in total. The van der Waals surface area contributed by atoms with Gasteiger partial charge in [-0.3, -0.25) is 0 Å². The summed E-state index contributed by atoms with van der Waals surface area (Å²) in [7, 11) is 0. The summed E-state index contributed by atoms with van der Waals surface area (Å²) in [6, 6.07) is 0. The van der Waals surface area contributed by atoms with Gasteiger partial charge in [0.25, 0.3) is 0 Å². The number of ether oxygens (including phenoxy) is 2. The van der Waals surface area contributed by atoms with Crippen molar-refractivity contribution >= 4 is 11.9 Å². The average molecular weight is 185 g/mol. The largest absolute Gasteiger partial charge is 0.462 e. The maximum Gasteiger partial charge on any atom is 0.355 e. The Morgan fingerprint density at radius 3 is 2.69 bits per heavy atom. The lowest BCUT2D eigenvalue weighted by Gasteiger charge is -2.06. The van der Waals surface area contributed by atoms with Gasteiger partial charge >= 0.3 is 11.9 Å². The molecular weight excluding hydrogens is 174 g/mol. The van der Waals surface area contributed by atoms with Crippen LogP contribution < -0.4 is 5.73 Å². The van der Waals surface area contributed by atoms with Crippen LogP contribution in [0.4, 0.5) is 0 Å². The van der Waals surface area contributed by atoms with Crippen molar-refractivity contribution in [2.45, 2.75) is 20.0 Å². The third-order valence-corrected chi connectivity index (χ3v) is 1.70. The first-order valence-corrected chi connectivity index (χ1v) is 3.95. The highest BCUT2D eigenvalue weighted by Gasteiger charge is 2.34. The fourth-order valence-electron chi connectivity index (χ4n) is 1.10. The maximum absolute atomic E-state index is 11.2. The van der Waals surface area contributed by atoms with Crippen LogP contribution in [-0.2, 0) is 19.1 Å². The second kappa shape index (κ2) is 3.47. The fourth-order valence-corrected chi connectivity index (χ4v) is 1.10. The van der Waals surface area contributed by atoms with Crippen LogP contribution in [0.1, 0.15) is 13.8 Å². The minimum Gasteiger partial charge on any atom is -0.462 e. The third kappa shape index (κ3) is 1.63. The molecule has 0 aromatic carbocycles. The molecule has 1 aliphatic heterocycles. The monoisotopic (exact) mass is 185 g/mol. The molecule has 0 aliphatic carbocycles. The highest BCUT2D eigenvalue weighted by molar-refractivity contribution is 6.03. The molecule has 1 heterocycles. The quantitative estimate of drug-likeness (QED) is 0.598. The van der Waals surface area contributed by atoms with E-state index in [2.05, 4.69) is 0 Å². The molecule has 0 saturated heterocycles. The lowest BCUT2D eigenvalue weighted by molar-refractivity contribution is -0.141. The molecule has 0 bridgehead atoms. The molecule has 5 heteroatoms. The summed E-state index contributed by atoms with van der Waals surface area (Å²) in [6.45, 7) is 3.50. The molecule has 13 heavy (non-hydrogen) atoms. The molecule has 0 saturated carbocycles. The number of carbonyl (C=O) groups is 2. The number of nitrogens with two attached hydrogens (primary N) is 1. The molecule has 0 spiro atoms. The predicted molar refractivity (Wildman–Crippen MR) is 43.4 cm³/mol. The van der Waals surface area contributed by atoms with Crippen LogP contribution in [0.2, 0.25) is 0 Å². The standard InChI is InChI=1S/C8H11NO4/c1-3-12-7(10)5-4(2)13-8(11)6(5)9/h4H,3,9H2,1-2H3/t4-/m0/s1. The van der Waals surface area contributed by atoms with Gasteiger partial charge in [-0.15, -0.1) is 0 Å². The van der Waals surface area contributed by atoms with Crippen molar-refractivity contribution in [3.05, 3.63) is 11.3 Å². The Kier molecular flexibility index (Phi) is 2.55. The van der Waals surface area contributed by atoms with E-state index in [1.165, 1.54) is 0 Å². The smallest absolute Gasteiger partial charge is 0.355 e. The minimum absolute atomic E-state index is 0.117. The molecule has 0 unspecified atom stereocenters. The summed E-state index contributed by atoms with van der Waals surface area (Å²) in [5.41, 5.74) is 5.32. The highest BCUT2D eigenvalue weighted by Crippen LogP contribution is 2.20. The summed E-state index contributed by atoms with van der Waals surface area (Å²) in [5.74, 6) is -1.24. The molecule has 72 valence electrons. The van der Waals surface area contributed by atoms with Gasteiger partial charge in [0.15, 0.2) is 0 Å². The zero-order valence-electron chi connectivity index (χ0n) is 7.49. The van der Waals surface area contributed by atoms with Crippen LogP contribution in [0.25, 0.3) is 0 Å². The molecule has 0 aromatic heterocycles. The topological polar surface area (TPSA) is 78.6 Å². The number of cyclic esters (lactones) is 1. The normalized spacial score (nSPS) is 21.7. The van der Waals surface area contributed by atoms with Crippen molar-refractivity contribution in [1.29, 1.82) is 0 Å². The summed E-state index contributed by atoms with van der Waals surface area (Å²) < 4.78 is 9.42. The van der Waals surface area contributed by atoms with Gasteiger partial charge in [-0.2, -0.15) is 0 Å². The Hall–Kier alpha value is -1.52. The van der Waals surface area contributed by atoms with Crippen molar-refractivity contribution < 1.29 is 19.1 Å². The first-order valence-electron chi connectivity index (χ1n) is 3.95. The van der Waals surface area contributed by atoms with Crippen molar-refractivity contribution in [2.24, 2.45) is 5.73 Å². The van der Waals surface area contributed by atoms with Gasteiger partial charge in [-0.05, 0) is 13.8 Å². The lowest BCUT2D eigenvalue weighted by Crippen LogP contribution is -2.17. The van der Waals surface area contributed by atoms with Gasteiger partial charge < -0.3 is 15.2 Å². The molecule has 0 aromatic rings. The lowest BCUT2D eigenvalue weighted by atomic mass is 10.1. The van der Waals surface area contributed by atoms with Crippen LogP contribution in [0, 0.1) is 0 Å². The van der Waals surface area contributed by atoms with Crippen LogP contribution in [0.5, 0.6) is 0 Å².